The normalized spacial score (nSPS) is 22.6. The van der Waals surface area contributed by atoms with Crippen molar-refractivity contribution in [3.8, 4) is 0 Å². The van der Waals surface area contributed by atoms with Crippen LogP contribution in [0.1, 0.15) is 24.9 Å². The molecule has 1 aromatic rings. The van der Waals surface area contributed by atoms with E-state index in [1.54, 1.807) is 0 Å². The average molecular weight is 218 g/mol. The van der Waals surface area contributed by atoms with Gasteiger partial charge in [0.15, 0.2) is 0 Å². The number of hydrogen-bond acceptors (Lipinski definition) is 3. The van der Waals surface area contributed by atoms with Crippen LogP contribution < -0.4 is 5.73 Å². The van der Waals surface area contributed by atoms with Crippen molar-refractivity contribution in [3.05, 3.63) is 35.9 Å². The van der Waals surface area contributed by atoms with Gasteiger partial charge in [0.2, 0.25) is 11.8 Å². The predicted octanol–water partition coefficient (Wildman–Crippen LogP) is 0.834. The van der Waals surface area contributed by atoms with Gasteiger partial charge in [-0.3, -0.25) is 14.5 Å². The topological polar surface area (TPSA) is 63.4 Å². The van der Waals surface area contributed by atoms with Crippen LogP contribution in [0.3, 0.4) is 0 Å². The van der Waals surface area contributed by atoms with Gasteiger partial charge in [0, 0.05) is 0 Å². The molecule has 4 heteroatoms. The first-order valence-electron chi connectivity index (χ1n) is 5.27. The lowest BCUT2D eigenvalue weighted by Gasteiger charge is -2.22. The van der Waals surface area contributed by atoms with Crippen molar-refractivity contribution in [2.75, 3.05) is 0 Å². The minimum absolute atomic E-state index is 0.121. The summed E-state index contributed by atoms with van der Waals surface area (Å²) in [5.74, 6) is -0.463. The molecular formula is C12H14N2O2. The summed E-state index contributed by atoms with van der Waals surface area (Å²) >= 11 is 0. The molecule has 1 saturated heterocycles. The Labute approximate surface area is 94.0 Å². The highest BCUT2D eigenvalue weighted by atomic mass is 16.2. The molecular weight excluding hydrogens is 204 g/mol. The Morgan fingerprint density at radius 2 is 1.94 bits per heavy atom. The van der Waals surface area contributed by atoms with Gasteiger partial charge in [0.25, 0.3) is 0 Å². The molecule has 1 fully saturated rings. The van der Waals surface area contributed by atoms with Crippen LogP contribution in [0.25, 0.3) is 0 Å². The van der Waals surface area contributed by atoms with E-state index in [1.807, 2.05) is 37.3 Å². The maximum absolute atomic E-state index is 11.7. The molecule has 0 saturated carbocycles. The van der Waals surface area contributed by atoms with Crippen molar-refractivity contribution in [2.45, 2.75) is 25.4 Å². The van der Waals surface area contributed by atoms with E-state index < -0.39 is 6.04 Å². The summed E-state index contributed by atoms with van der Waals surface area (Å²) in [6, 6.07) is 8.56. The lowest BCUT2D eigenvalue weighted by Crippen LogP contribution is -2.37. The van der Waals surface area contributed by atoms with Gasteiger partial charge in [-0.05, 0) is 12.5 Å². The fourth-order valence-electron chi connectivity index (χ4n) is 1.96. The Hall–Kier alpha value is -1.68. The van der Waals surface area contributed by atoms with E-state index in [0.717, 1.165) is 5.56 Å². The maximum Gasteiger partial charge on any atom is 0.247 e. The van der Waals surface area contributed by atoms with E-state index in [1.165, 1.54) is 4.90 Å². The highest BCUT2D eigenvalue weighted by molar-refractivity contribution is 6.05. The van der Waals surface area contributed by atoms with E-state index >= 15 is 0 Å². The molecule has 2 N–H and O–H groups in total. The highest BCUT2D eigenvalue weighted by Gasteiger charge is 2.39. The van der Waals surface area contributed by atoms with Crippen LogP contribution in [0.5, 0.6) is 0 Å². The number of imide groups is 1. The minimum Gasteiger partial charge on any atom is -0.319 e. The third-order valence-corrected chi connectivity index (χ3v) is 2.89. The molecule has 0 aromatic heterocycles. The average Bonchev–Trinajstić information content (AvgIpc) is 2.54. The van der Waals surface area contributed by atoms with Crippen LogP contribution >= 0.6 is 0 Å². The summed E-state index contributed by atoms with van der Waals surface area (Å²) in [4.78, 5) is 24.6. The smallest absolute Gasteiger partial charge is 0.247 e. The van der Waals surface area contributed by atoms with Gasteiger partial charge in [0.05, 0.1) is 18.5 Å². The number of nitrogens with zero attached hydrogens (tertiary/aromatic N) is 1. The summed E-state index contributed by atoms with van der Waals surface area (Å²) in [7, 11) is 0. The fraction of sp³-hybridized carbons (Fsp3) is 0.333. The fourth-order valence-corrected chi connectivity index (χ4v) is 1.96. The second-order valence-electron chi connectivity index (χ2n) is 4.00. The van der Waals surface area contributed by atoms with E-state index in [4.69, 9.17) is 5.73 Å². The zero-order chi connectivity index (χ0) is 11.7. The van der Waals surface area contributed by atoms with Crippen molar-refractivity contribution < 1.29 is 9.59 Å². The first-order chi connectivity index (χ1) is 7.61. The Morgan fingerprint density at radius 1 is 1.31 bits per heavy atom. The summed E-state index contributed by atoms with van der Waals surface area (Å²) in [5.41, 5.74) is 6.51. The molecule has 0 bridgehead atoms. The zero-order valence-corrected chi connectivity index (χ0v) is 9.09. The van der Waals surface area contributed by atoms with Crippen molar-refractivity contribution >= 4 is 11.8 Å². The Balaban J connectivity index is 2.26. The van der Waals surface area contributed by atoms with Gasteiger partial charge < -0.3 is 5.73 Å². The van der Waals surface area contributed by atoms with Crippen molar-refractivity contribution in [1.29, 1.82) is 0 Å². The van der Waals surface area contributed by atoms with Gasteiger partial charge in [0.1, 0.15) is 0 Å². The number of amides is 2. The lowest BCUT2D eigenvalue weighted by atomic mass is 10.1. The van der Waals surface area contributed by atoms with E-state index in [0.29, 0.717) is 0 Å². The highest BCUT2D eigenvalue weighted by Crippen LogP contribution is 2.25. The van der Waals surface area contributed by atoms with E-state index in [-0.39, 0.29) is 24.3 Å². The molecule has 1 aromatic carbocycles. The van der Waals surface area contributed by atoms with Crippen molar-refractivity contribution in [2.24, 2.45) is 5.73 Å². The molecule has 1 aliphatic heterocycles. The van der Waals surface area contributed by atoms with Crippen LogP contribution in [-0.4, -0.2) is 22.8 Å². The van der Waals surface area contributed by atoms with Crippen molar-refractivity contribution in [1.82, 2.24) is 4.90 Å². The molecule has 4 nitrogen and oxygen atoms in total. The molecule has 84 valence electrons. The quantitative estimate of drug-likeness (QED) is 0.748. The number of benzene rings is 1. The van der Waals surface area contributed by atoms with Gasteiger partial charge in [-0.1, -0.05) is 30.3 Å². The molecule has 2 atom stereocenters. The van der Waals surface area contributed by atoms with Crippen LogP contribution in [-0.2, 0) is 9.59 Å². The zero-order valence-electron chi connectivity index (χ0n) is 9.09. The Kier molecular flexibility index (Phi) is 2.75. The van der Waals surface area contributed by atoms with Crippen molar-refractivity contribution in [3.63, 3.8) is 0 Å². The maximum atomic E-state index is 11.7. The van der Waals surface area contributed by atoms with Crippen LogP contribution in [0.2, 0.25) is 0 Å². The van der Waals surface area contributed by atoms with Gasteiger partial charge in [-0.2, -0.15) is 0 Å². The molecule has 1 heterocycles. The minimum atomic E-state index is -0.668. The third-order valence-electron chi connectivity index (χ3n) is 2.89. The summed E-state index contributed by atoms with van der Waals surface area (Å²) in [5, 5.41) is 0. The van der Waals surface area contributed by atoms with E-state index in [9.17, 15) is 9.59 Å². The predicted molar refractivity (Wildman–Crippen MR) is 59.3 cm³/mol. The molecule has 0 radical (unpaired) electrons. The number of carbonyl (C=O) groups excluding carboxylic acids is 2. The van der Waals surface area contributed by atoms with Gasteiger partial charge >= 0.3 is 0 Å². The lowest BCUT2D eigenvalue weighted by molar-refractivity contribution is -0.141. The Bertz CT molecular complexity index is 416. The number of nitrogens with two attached hydrogens (primary N) is 1. The number of hydrogen-bond donors (Lipinski definition) is 1. The molecule has 1 unspecified atom stereocenters. The second-order valence-corrected chi connectivity index (χ2v) is 4.00. The largest absolute Gasteiger partial charge is 0.319 e. The molecule has 0 spiro atoms. The van der Waals surface area contributed by atoms with Gasteiger partial charge in [-0.25, -0.2) is 0 Å². The van der Waals surface area contributed by atoms with E-state index in [2.05, 4.69) is 0 Å². The summed E-state index contributed by atoms with van der Waals surface area (Å²) in [6.45, 7) is 1.84. The number of carbonyl (C=O) groups is 2. The molecule has 0 aliphatic carbocycles. The first kappa shape index (κ1) is 10.8. The number of likely N-dealkylation sites (tertiary alicyclic amines) is 1. The monoisotopic (exact) mass is 218 g/mol. The molecule has 16 heavy (non-hydrogen) atoms. The van der Waals surface area contributed by atoms with Crippen LogP contribution in [0.15, 0.2) is 30.3 Å². The molecule has 2 rings (SSSR count). The standard InChI is InChI=1S/C12H14N2O2/c1-8(9-5-3-2-4-6-9)14-11(15)7-10(13)12(14)16/h2-6,8,10H,7,13H2,1H3/t8?,10-/m0/s1. The first-order valence-corrected chi connectivity index (χ1v) is 5.27. The second kappa shape index (κ2) is 4.06. The number of rotatable bonds is 2. The summed E-state index contributed by atoms with van der Waals surface area (Å²) in [6.07, 6.45) is 0.121. The molecule has 2 amide bonds. The summed E-state index contributed by atoms with van der Waals surface area (Å²) < 4.78 is 0. The SMILES string of the molecule is CC(c1ccccc1)N1C(=O)C[C@H](N)C1=O. The van der Waals surface area contributed by atoms with Crippen LogP contribution in [0, 0.1) is 0 Å². The Morgan fingerprint density at radius 3 is 2.44 bits per heavy atom. The van der Waals surface area contributed by atoms with Crippen LogP contribution in [0.4, 0.5) is 0 Å². The van der Waals surface area contributed by atoms with Gasteiger partial charge in [-0.15, -0.1) is 0 Å². The third kappa shape index (κ3) is 1.72. The molecule has 1 aliphatic rings.